The Morgan fingerprint density at radius 2 is 2.29 bits per heavy atom. The molecule has 0 saturated carbocycles. The number of ether oxygens (including phenoxy) is 1. The van der Waals surface area contributed by atoms with Crippen LogP contribution in [0.4, 0.5) is 8.78 Å². The lowest BCUT2D eigenvalue weighted by Gasteiger charge is -1.98. The highest BCUT2D eigenvalue weighted by atomic mass is 79.9. The summed E-state index contributed by atoms with van der Waals surface area (Å²) in [5.41, 5.74) is -0.249. The van der Waals surface area contributed by atoms with Gasteiger partial charge in [0.25, 0.3) is 5.88 Å². The Hall–Kier alpha value is -1.18. The van der Waals surface area contributed by atoms with Crippen molar-refractivity contribution in [2.24, 2.45) is 7.05 Å². The van der Waals surface area contributed by atoms with E-state index in [1.807, 2.05) is 0 Å². The van der Waals surface area contributed by atoms with Crippen molar-refractivity contribution in [2.75, 3.05) is 0 Å². The lowest BCUT2D eigenvalue weighted by atomic mass is 10.4. The van der Waals surface area contributed by atoms with Crippen LogP contribution in [0.2, 0.25) is 0 Å². The summed E-state index contributed by atoms with van der Waals surface area (Å²) in [6.45, 7) is -3.04. The molecule has 0 bridgehead atoms. The highest BCUT2D eigenvalue weighted by Gasteiger charge is 2.22. The molecule has 0 aromatic carbocycles. The van der Waals surface area contributed by atoms with Gasteiger partial charge in [-0.15, -0.1) is 5.10 Å². The number of carbonyl (C=O) groups is 1. The van der Waals surface area contributed by atoms with Gasteiger partial charge in [-0.3, -0.25) is 4.68 Å². The van der Waals surface area contributed by atoms with E-state index in [0.29, 0.717) is 0 Å². The molecule has 0 atom stereocenters. The topological polar surface area (TPSA) is 64.4 Å². The number of aryl methyl sites for hydroxylation is 1. The molecule has 0 spiro atoms. The predicted molar refractivity (Wildman–Crippen MR) is 44.5 cm³/mol. The van der Waals surface area contributed by atoms with Gasteiger partial charge in [0.1, 0.15) is 4.47 Å². The minimum Gasteiger partial charge on any atom is -0.476 e. The fraction of sp³-hybridized carbons (Fsp3) is 0.333. The highest BCUT2D eigenvalue weighted by molar-refractivity contribution is 9.10. The summed E-state index contributed by atoms with van der Waals surface area (Å²) in [6, 6.07) is 0. The van der Waals surface area contributed by atoms with Gasteiger partial charge in [-0.25, -0.2) is 4.79 Å². The molecule has 78 valence electrons. The molecule has 5 nitrogen and oxygen atoms in total. The summed E-state index contributed by atoms with van der Waals surface area (Å²) in [7, 11) is 1.31. The van der Waals surface area contributed by atoms with Crippen molar-refractivity contribution in [3.63, 3.8) is 0 Å². The van der Waals surface area contributed by atoms with E-state index >= 15 is 0 Å². The van der Waals surface area contributed by atoms with Crippen LogP contribution in [-0.2, 0) is 7.05 Å². The van der Waals surface area contributed by atoms with Crippen LogP contribution >= 0.6 is 15.9 Å². The number of aromatic carboxylic acids is 1. The van der Waals surface area contributed by atoms with E-state index in [4.69, 9.17) is 5.11 Å². The summed E-state index contributed by atoms with van der Waals surface area (Å²) in [5, 5.41) is 12.1. The number of hydrogen-bond donors (Lipinski definition) is 1. The van der Waals surface area contributed by atoms with Crippen molar-refractivity contribution in [1.82, 2.24) is 9.78 Å². The van der Waals surface area contributed by atoms with E-state index in [9.17, 15) is 13.6 Å². The minimum absolute atomic E-state index is 0.104. The van der Waals surface area contributed by atoms with Gasteiger partial charge in [-0.05, 0) is 15.9 Å². The third kappa shape index (κ3) is 2.00. The van der Waals surface area contributed by atoms with Gasteiger partial charge < -0.3 is 9.84 Å². The van der Waals surface area contributed by atoms with Crippen LogP contribution in [0.15, 0.2) is 4.47 Å². The Kier molecular flexibility index (Phi) is 3.04. The Labute approximate surface area is 85.4 Å². The quantitative estimate of drug-likeness (QED) is 0.904. The number of halogens is 3. The first kappa shape index (κ1) is 10.9. The first-order chi connectivity index (χ1) is 6.43. The molecule has 0 aliphatic rings. The summed E-state index contributed by atoms with van der Waals surface area (Å²) in [6.07, 6.45) is 0. The number of carboxylic acid groups (broad SMARTS) is 1. The molecule has 1 aromatic rings. The zero-order valence-corrected chi connectivity index (χ0v) is 8.46. The molecule has 1 aromatic heterocycles. The van der Waals surface area contributed by atoms with Crippen molar-refractivity contribution >= 4 is 21.9 Å². The Morgan fingerprint density at radius 3 is 2.64 bits per heavy atom. The molecule has 14 heavy (non-hydrogen) atoms. The van der Waals surface area contributed by atoms with Crippen LogP contribution in [0, 0.1) is 0 Å². The van der Waals surface area contributed by atoms with E-state index in [0.717, 1.165) is 4.68 Å². The van der Waals surface area contributed by atoms with Gasteiger partial charge in [0.15, 0.2) is 5.69 Å². The third-order valence-corrected chi connectivity index (χ3v) is 2.08. The molecule has 0 fully saturated rings. The molecule has 1 heterocycles. The Balaban J connectivity index is 3.10. The lowest BCUT2D eigenvalue weighted by molar-refractivity contribution is -0.0536. The summed E-state index contributed by atoms with van der Waals surface area (Å²) >= 11 is 2.81. The molecule has 0 aliphatic heterocycles. The minimum atomic E-state index is -3.04. The van der Waals surface area contributed by atoms with Gasteiger partial charge >= 0.3 is 12.6 Å². The molecule has 0 saturated heterocycles. The van der Waals surface area contributed by atoms with Crippen LogP contribution in [0.3, 0.4) is 0 Å². The standard InChI is InChI=1S/C6H5BrF2N2O3/c1-11-3(5(12)13)2(7)4(10-11)14-6(8)9/h6H,1H3,(H,12,13). The van der Waals surface area contributed by atoms with Gasteiger partial charge in [-0.1, -0.05) is 0 Å². The molecule has 0 unspecified atom stereocenters. The highest BCUT2D eigenvalue weighted by Crippen LogP contribution is 2.28. The van der Waals surface area contributed by atoms with E-state index in [1.54, 1.807) is 0 Å². The molecule has 1 N–H and O–H groups in total. The molecule has 0 radical (unpaired) electrons. The summed E-state index contributed by atoms with van der Waals surface area (Å²) < 4.78 is 28.4. The van der Waals surface area contributed by atoms with Crippen molar-refractivity contribution in [3.8, 4) is 5.88 Å². The van der Waals surface area contributed by atoms with E-state index in [-0.39, 0.29) is 10.2 Å². The molecule has 8 heteroatoms. The number of hydrogen-bond acceptors (Lipinski definition) is 3. The second-order valence-corrected chi connectivity index (χ2v) is 3.07. The van der Waals surface area contributed by atoms with Gasteiger partial charge in [0.2, 0.25) is 0 Å². The van der Waals surface area contributed by atoms with Crippen molar-refractivity contribution < 1.29 is 23.4 Å². The fourth-order valence-corrected chi connectivity index (χ4v) is 1.46. The van der Waals surface area contributed by atoms with Crippen molar-refractivity contribution in [2.45, 2.75) is 6.61 Å². The molecule has 1 rings (SSSR count). The summed E-state index contributed by atoms with van der Waals surface area (Å²) in [5.74, 6) is -1.73. The smallest absolute Gasteiger partial charge is 0.388 e. The molecule has 0 aliphatic carbocycles. The maximum atomic E-state index is 11.8. The summed E-state index contributed by atoms with van der Waals surface area (Å²) in [4.78, 5) is 10.6. The second kappa shape index (κ2) is 3.91. The number of rotatable bonds is 3. The first-order valence-electron chi connectivity index (χ1n) is 3.34. The van der Waals surface area contributed by atoms with Gasteiger partial charge in [-0.2, -0.15) is 8.78 Å². The van der Waals surface area contributed by atoms with E-state index in [1.165, 1.54) is 7.05 Å². The average Bonchev–Trinajstić information content (AvgIpc) is 2.25. The third-order valence-electron chi connectivity index (χ3n) is 1.36. The zero-order valence-electron chi connectivity index (χ0n) is 6.87. The Morgan fingerprint density at radius 1 is 1.71 bits per heavy atom. The number of alkyl halides is 2. The van der Waals surface area contributed by atoms with Crippen molar-refractivity contribution in [1.29, 1.82) is 0 Å². The van der Waals surface area contributed by atoms with Crippen LogP contribution in [0.25, 0.3) is 0 Å². The van der Waals surface area contributed by atoms with Crippen LogP contribution in [0.5, 0.6) is 5.88 Å². The molecular formula is C6H5BrF2N2O3. The molecule has 0 amide bonds. The Bertz CT molecular complexity index is 366. The van der Waals surface area contributed by atoms with Crippen LogP contribution in [-0.4, -0.2) is 27.5 Å². The number of carboxylic acids is 1. The fourth-order valence-electron chi connectivity index (χ4n) is 0.865. The maximum absolute atomic E-state index is 11.8. The monoisotopic (exact) mass is 270 g/mol. The van der Waals surface area contributed by atoms with Gasteiger partial charge in [0, 0.05) is 7.05 Å². The molecular weight excluding hydrogens is 266 g/mol. The average molecular weight is 271 g/mol. The zero-order chi connectivity index (χ0) is 10.9. The first-order valence-corrected chi connectivity index (χ1v) is 4.13. The lowest BCUT2D eigenvalue weighted by Crippen LogP contribution is -2.05. The normalized spacial score (nSPS) is 10.6. The SMILES string of the molecule is Cn1nc(OC(F)F)c(Br)c1C(=O)O. The van der Waals surface area contributed by atoms with Gasteiger partial charge in [0.05, 0.1) is 0 Å². The largest absolute Gasteiger partial charge is 0.476 e. The number of nitrogens with zero attached hydrogens (tertiary/aromatic N) is 2. The predicted octanol–water partition coefficient (Wildman–Crippen LogP) is 1.48. The van der Waals surface area contributed by atoms with E-state index in [2.05, 4.69) is 25.8 Å². The van der Waals surface area contributed by atoms with Crippen LogP contribution < -0.4 is 4.74 Å². The number of aromatic nitrogens is 2. The van der Waals surface area contributed by atoms with Crippen molar-refractivity contribution in [3.05, 3.63) is 10.2 Å². The van der Waals surface area contributed by atoms with Crippen LogP contribution in [0.1, 0.15) is 10.5 Å². The second-order valence-electron chi connectivity index (χ2n) is 2.28. The maximum Gasteiger partial charge on any atom is 0.388 e. The van der Waals surface area contributed by atoms with E-state index < -0.39 is 18.5 Å².